The predicted octanol–water partition coefficient (Wildman–Crippen LogP) is 3.20. The van der Waals surface area contributed by atoms with Gasteiger partial charge in [-0.3, -0.25) is 14.6 Å². The minimum atomic E-state index is -3.44. The van der Waals surface area contributed by atoms with Crippen LogP contribution < -0.4 is 5.73 Å². The number of hydrogen-bond acceptors (Lipinski definition) is 6. The molecule has 1 aromatic rings. The smallest absolute Gasteiger partial charge is 0.338 e. The number of anilines is 1. The molecule has 0 fully saturated rings. The topological polar surface area (TPSA) is 102 Å². The van der Waals surface area contributed by atoms with Crippen molar-refractivity contribution in [3.05, 3.63) is 29.8 Å². The second-order valence-corrected chi connectivity index (χ2v) is 7.21. The van der Waals surface area contributed by atoms with Gasteiger partial charge in [0, 0.05) is 19.2 Å². The Hall–Kier alpha value is -1.40. The molecule has 1 atom stereocenters. The van der Waals surface area contributed by atoms with E-state index in [-0.39, 0.29) is 26.2 Å². The number of carbonyl (C=O) groups excluding carboxylic acids is 1. The molecule has 1 amide bonds. The fourth-order valence-electron chi connectivity index (χ4n) is 2.20. The van der Waals surface area contributed by atoms with Gasteiger partial charge in [-0.2, -0.15) is 0 Å². The van der Waals surface area contributed by atoms with Gasteiger partial charge in [0.2, 0.25) is 5.91 Å². The van der Waals surface area contributed by atoms with Gasteiger partial charge in [0.05, 0.1) is 18.9 Å². The molecule has 0 aliphatic heterocycles. The highest BCUT2D eigenvalue weighted by atomic mass is 31.2. The first-order valence-electron chi connectivity index (χ1n) is 7.55. The summed E-state index contributed by atoms with van der Waals surface area (Å²) < 4.78 is 24.0. The molecule has 1 rings (SSSR count). The van der Waals surface area contributed by atoms with Crippen molar-refractivity contribution < 1.29 is 23.6 Å². The lowest BCUT2D eigenvalue weighted by atomic mass is 10.1. The molecular formula is C15H25N2O5P. The molecule has 0 saturated carbocycles. The zero-order valence-electron chi connectivity index (χ0n) is 13.8. The minimum absolute atomic E-state index is 0.0223. The first-order chi connectivity index (χ1) is 10.8. The quantitative estimate of drug-likeness (QED) is 0.309. The molecule has 1 unspecified atom stereocenters. The Bertz CT molecular complexity index is 539. The summed E-state index contributed by atoms with van der Waals surface area (Å²) in [7, 11) is -3.44. The third kappa shape index (κ3) is 5.62. The van der Waals surface area contributed by atoms with Gasteiger partial charge in [0.25, 0.3) is 0 Å². The summed E-state index contributed by atoms with van der Waals surface area (Å²) in [5, 5.41) is 10.2. The number of nitrogens with two attached hydrogens (primary N) is 1. The van der Waals surface area contributed by atoms with Gasteiger partial charge in [0.15, 0.2) is 0 Å². The first-order valence-corrected chi connectivity index (χ1v) is 9.16. The highest BCUT2D eigenvalue weighted by Crippen LogP contribution is 2.62. The number of nitrogen functional groups attached to an aromatic ring is 1. The van der Waals surface area contributed by atoms with Crippen LogP contribution in [0.5, 0.6) is 0 Å². The number of amides is 1. The van der Waals surface area contributed by atoms with Crippen LogP contribution in [0, 0.1) is 0 Å². The maximum absolute atomic E-state index is 13.1. The molecule has 8 heteroatoms. The van der Waals surface area contributed by atoms with Crippen LogP contribution in [0.1, 0.15) is 38.4 Å². The Morgan fingerprint density at radius 2 is 1.78 bits per heavy atom. The number of nitrogens with zero attached hydrogens (tertiary/aromatic N) is 1. The molecule has 130 valence electrons. The zero-order chi connectivity index (χ0) is 17.5. The Balaban J connectivity index is 3.10. The van der Waals surface area contributed by atoms with Gasteiger partial charge in [-0.05, 0) is 38.0 Å². The number of benzene rings is 1. The van der Waals surface area contributed by atoms with E-state index < -0.39 is 19.2 Å². The second kappa shape index (κ2) is 9.03. The van der Waals surface area contributed by atoms with E-state index in [0.29, 0.717) is 10.8 Å². The van der Waals surface area contributed by atoms with Crippen LogP contribution in [-0.2, 0) is 18.4 Å². The van der Waals surface area contributed by atoms with Crippen LogP contribution >= 0.6 is 7.60 Å². The van der Waals surface area contributed by atoms with E-state index in [1.807, 2.05) is 0 Å². The van der Waals surface area contributed by atoms with Crippen molar-refractivity contribution in [2.75, 3.05) is 25.5 Å². The van der Waals surface area contributed by atoms with Gasteiger partial charge in [-0.15, -0.1) is 0 Å². The van der Waals surface area contributed by atoms with Crippen LogP contribution in [-0.4, -0.2) is 35.9 Å². The summed E-state index contributed by atoms with van der Waals surface area (Å²) in [6, 6.07) is 6.90. The van der Waals surface area contributed by atoms with Gasteiger partial charge < -0.3 is 14.8 Å². The summed E-state index contributed by atoms with van der Waals surface area (Å²) in [5.41, 5.74) is 6.40. The number of carbonyl (C=O) groups is 1. The van der Waals surface area contributed by atoms with E-state index in [0.717, 1.165) is 5.56 Å². The van der Waals surface area contributed by atoms with Gasteiger partial charge in [0.1, 0.15) is 0 Å². The lowest BCUT2D eigenvalue weighted by Crippen LogP contribution is -2.27. The maximum atomic E-state index is 13.1. The molecule has 0 bridgehead atoms. The molecule has 0 aliphatic carbocycles. The monoisotopic (exact) mass is 344 g/mol. The maximum Gasteiger partial charge on any atom is 0.338 e. The number of rotatable bonds is 9. The average Bonchev–Trinajstić information content (AvgIpc) is 2.49. The lowest BCUT2D eigenvalue weighted by molar-refractivity contribution is -0.162. The highest BCUT2D eigenvalue weighted by molar-refractivity contribution is 7.54. The van der Waals surface area contributed by atoms with Crippen LogP contribution in [0.15, 0.2) is 24.3 Å². The van der Waals surface area contributed by atoms with E-state index in [2.05, 4.69) is 0 Å². The number of hydrogen-bond donors (Lipinski definition) is 2. The minimum Gasteiger partial charge on any atom is -0.399 e. The number of hydroxylamine groups is 2. The third-order valence-corrected chi connectivity index (χ3v) is 5.85. The molecule has 0 aromatic heterocycles. The fourth-order valence-corrected chi connectivity index (χ4v) is 4.33. The average molecular weight is 344 g/mol. The molecule has 0 spiro atoms. The van der Waals surface area contributed by atoms with Gasteiger partial charge >= 0.3 is 7.60 Å². The molecule has 3 N–H and O–H groups in total. The van der Waals surface area contributed by atoms with E-state index in [1.165, 1.54) is 6.92 Å². The summed E-state index contributed by atoms with van der Waals surface area (Å²) in [4.78, 5) is 11.2. The van der Waals surface area contributed by atoms with Crippen molar-refractivity contribution in [2.24, 2.45) is 0 Å². The molecule has 0 heterocycles. The van der Waals surface area contributed by atoms with E-state index in [4.69, 9.17) is 14.8 Å². The highest BCUT2D eigenvalue weighted by Gasteiger charge is 2.37. The van der Waals surface area contributed by atoms with E-state index in [9.17, 15) is 14.6 Å². The standard InChI is InChI=1S/C15H25N2O5P/c1-4-21-23(20,22-5-2)15(10-11-17(19)12(3)18)13-6-8-14(16)9-7-13/h6-9,15,19H,4-5,10-11,16H2,1-3H3. The van der Waals surface area contributed by atoms with E-state index >= 15 is 0 Å². The van der Waals surface area contributed by atoms with Crippen LogP contribution in [0.3, 0.4) is 0 Å². The van der Waals surface area contributed by atoms with Crippen molar-refractivity contribution in [1.29, 1.82) is 0 Å². The van der Waals surface area contributed by atoms with Crippen molar-refractivity contribution in [3.63, 3.8) is 0 Å². The first kappa shape index (κ1) is 19.6. The summed E-state index contributed by atoms with van der Waals surface area (Å²) in [6.45, 7) is 5.22. The molecule has 23 heavy (non-hydrogen) atoms. The normalized spacial score (nSPS) is 12.9. The second-order valence-electron chi connectivity index (χ2n) is 4.99. The third-order valence-electron chi connectivity index (χ3n) is 3.30. The van der Waals surface area contributed by atoms with Crippen molar-refractivity contribution >= 4 is 19.2 Å². The van der Waals surface area contributed by atoms with Crippen molar-refractivity contribution in [3.8, 4) is 0 Å². The molecule has 0 saturated heterocycles. The SMILES string of the molecule is CCOP(=O)(OCC)C(CCN(O)C(C)=O)c1ccc(N)cc1. The Kier molecular flexibility index (Phi) is 7.72. The van der Waals surface area contributed by atoms with Crippen LogP contribution in [0.25, 0.3) is 0 Å². The molecule has 7 nitrogen and oxygen atoms in total. The largest absolute Gasteiger partial charge is 0.399 e. The summed E-state index contributed by atoms with van der Waals surface area (Å²) in [5.74, 6) is -0.483. The fraction of sp³-hybridized carbons (Fsp3) is 0.533. The van der Waals surface area contributed by atoms with Gasteiger partial charge in [-0.1, -0.05) is 12.1 Å². The predicted molar refractivity (Wildman–Crippen MR) is 88.2 cm³/mol. The Labute approximate surface area is 136 Å². The summed E-state index contributed by atoms with van der Waals surface area (Å²) in [6.07, 6.45) is 0.233. The van der Waals surface area contributed by atoms with Crippen molar-refractivity contribution in [1.82, 2.24) is 5.06 Å². The van der Waals surface area contributed by atoms with Crippen LogP contribution in [0.4, 0.5) is 5.69 Å². The van der Waals surface area contributed by atoms with Gasteiger partial charge in [-0.25, -0.2) is 5.06 Å². The van der Waals surface area contributed by atoms with Crippen molar-refractivity contribution in [2.45, 2.75) is 32.9 Å². The molecular weight excluding hydrogens is 319 g/mol. The summed E-state index contributed by atoms with van der Waals surface area (Å²) >= 11 is 0. The Morgan fingerprint density at radius 3 is 2.22 bits per heavy atom. The molecule has 0 radical (unpaired) electrons. The zero-order valence-corrected chi connectivity index (χ0v) is 14.7. The molecule has 0 aliphatic rings. The van der Waals surface area contributed by atoms with E-state index in [1.54, 1.807) is 38.1 Å². The Morgan fingerprint density at radius 1 is 1.26 bits per heavy atom. The van der Waals surface area contributed by atoms with Crippen LogP contribution in [0.2, 0.25) is 0 Å². The molecule has 1 aromatic carbocycles. The lowest BCUT2D eigenvalue weighted by Gasteiger charge is -2.27.